The highest BCUT2D eigenvalue weighted by Gasteiger charge is 2.29. The fourth-order valence-electron chi connectivity index (χ4n) is 2.27. The van der Waals surface area contributed by atoms with Gasteiger partial charge >= 0.3 is 0 Å². The van der Waals surface area contributed by atoms with Gasteiger partial charge in [0.1, 0.15) is 0 Å². The number of rotatable bonds is 5. The number of nitrogens with zero attached hydrogens (tertiary/aromatic N) is 2. The van der Waals surface area contributed by atoms with E-state index in [0.717, 1.165) is 13.0 Å². The number of aryl methyl sites for hydroxylation is 1. The molecule has 1 saturated heterocycles. The van der Waals surface area contributed by atoms with E-state index in [1.807, 2.05) is 6.92 Å². The van der Waals surface area contributed by atoms with E-state index < -0.39 is 9.84 Å². The zero-order chi connectivity index (χ0) is 13.2. The van der Waals surface area contributed by atoms with Crippen LogP contribution in [0.4, 0.5) is 0 Å². The summed E-state index contributed by atoms with van der Waals surface area (Å²) in [4.78, 5) is 12.0. The smallest absolute Gasteiger partial charge is 0.166 e. The minimum atomic E-state index is -2.90. The summed E-state index contributed by atoms with van der Waals surface area (Å²) < 4.78 is 24.4. The molecule has 1 aliphatic rings. The Morgan fingerprint density at radius 3 is 2.94 bits per heavy atom. The molecule has 0 radical (unpaired) electrons. The van der Waals surface area contributed by atoms with Gasteiger partial charge in [0.2, 0.25) is 0 Å². The third-order valence-corrected chi connectivity index (χ3v) is 5.05. The Balaban J connectivity index is 1.95. The topological polar surface area (TPSA) is 69.0 Å². The molecule has 2 heterocycles. The van der Waals surface area contributed by atoms with Gasteiger partial charge in [-0.05, 0) is 18.8 Å². The van der Waals surface area contributed by atoms with Crippen LogP contribution in [0.2, 0.25) is 0 Å². The maximum absolute atomic E-state index is 12.0. The molecular formula is C12H18N2O3S. The van der Waals surface area contributed by atoms with Crippen molar-refractivity contribution in [3.8, 4) is 0 Å². The summed E-state index contributed by atoms with van der Waals surface area (Å²) in [6, 6.07) is 0. The number of carbonyl (C=O) groups excluding carboxylic acids is 1. The van der Waals surface area contributed by atoms with E-state index in [4.69, 9.17) is 0 Å². The van der Waals surface area contributed by atoms with Crippen molar-refractivity contribution in [3.05, 3.63) is 18.0 Å². The summed E-state index contributed by atoms with van der Waals surface area (Å²) in [6.45, 7) is 2.84. The van der Waals surface area contributed by atoms with E-state index in [-0.39, 0.29) is 23.2 Å². The van der Waals surface area contributed by atoms with Crippen LogP contribution in [-0.2, 0) is 16.4 Å². The second kappa shape index (κ2) is 5.22. The molecule has 1 fully saturated rings. The molecule has 0 N–H and O–H groups in total. The number of sulfone groups is 1. The third-order valence-electron chi connectivity index (χ3n) is 3.21. The molecule has 1 aromatic heterocycles. The number of carbonyl (C=O) groups is 1. The molecule has 18 heavy (non-hydrogen) atoms. The number of aromatic nitrogens is 2. The highest BCUT2D eigenvalue weighted by molar-refractivity contribution is 7.91. The van der Waals surface area contributed by atoms with E-state index in [1.54, 1.807) is 17.1 Å². The van der Waals surface area contributed by atoms with E-state index >= 15 is 0 Å². The van der Waals surface area contributed by atoms with Crippen molar-refractivity contribution >= 4 is 15.6 Å². The van der Waals surface area contributed by atoms with Crippen LogP contribution in [0.25, 0.3) is 0 Å². The second-order valence-corrected chi connectivity index (χ2v) is 7.12. The van der Waals surface area contributed by atoms with Gasteiger partial charge in [-0.25, -0.2) is 8.42 Å². The van der Waals surface area contributed by atoms with Crippen molar-refractivity contribution in [2.24, 2.45) is 5.92 Å². The minimum absolute atomic E-state index is 0.000506. The molecular weight excluding hydrogens is 252 g/mol. The maximum Gasteiger partial charge on any atom is 0.166 e. The Labute approximate surface area is 107 Å². The maximum atomic E-state index is 12.0. The van der Waals surface area contributed by atoms with Crippen molar-refractivity contribution < 1.29 is 13.2 Å². The molecule has 0 spiro atoms. The van der Waals surface area contributed by atoms with Crippen molar-refractivity contribution in [2.75, 3.05) is 11.5 Å². The summed E-state index contributed by atoms with van der Waals surface area (Å²) in [5.74, 6) is 0.360. The molecule has 0 amide bonds. The standard InChI is InChI=1S/C12H18N2O3S/c1-2-4-14-8-11(7-13-14)12(15)6-10-3-5-18(16,17)9-10/h7-8,10H,2-6,9H2,1H3. The van der Waals surface area contributed by atoms with Gasteiger partial charge in [0.25, 0.3) is 0 Å². The van der Waals surface area contributed by atoms with Gasteiger partial charge in [-0.3, -0.25) is 9.48 Å². The number of Topliss-reactive ketones (excluding diaryl/α,β-unsaturated/α-hetero) is 1. The van der Waals surface area contributed by atoms with Gasteiger partial charge in [0, 0.05) is 19.2 Å². The van der Waals surface area contributed by atoms with E-state index in [2.05, 4.69) is 5.10 Å². The molecule has 0 bridgehead atoms. The highest BCUT2D eigenvalue weighted by Crippen LogP contribution is 2.23. The fraction of sp³-hybridized carbons (Fsp3) is 0.667. The largest absolute Gasteiger partial charge is 0.294 e. The normalized spacial score (nSPS) is 22.2. The first-order chi connectivity index (χ1) is 8.50. The molecule has 0 aliphatic carbocycles. The zero-order valence-electron chi connectivity index (χ0n) is 10.5. The van der Waals surface area contributed by atoms with Crippen molar-refractivity contribution in [1.29, 1.82) is 0 Å². The Hall–Kier alpha value is -1.17. The molecule has 0 saturated carbocycles. The zero-order valence-corrected chi connectivity index (χ0v) is 11.3. The lowest BCUT2D eigenvalue weighted by Crippen LogP contribution is -2.10. The molecule has 1 atom stereocenters. The van der Waals surface area contributed by atoms with Gasteiger partial charge < -0.3 is 0 Å². The molecule has 5 nitrogen and oxygen atoms in total. The van der Waals surface area contributed by atoms with Crippen LogP contribution in [0.5, 0.6) is 0 Å². The van der Waals surface area contributed by atoms with Crippen molar-refractivity contribution in [3.63, 3.8) is 0 Å². The van der Waals surface area contributed by atoms with Gasteiger partial charge in [-0.15, -0.1) is 0 Å². The van der Waals surface area contributed by atoms with Gasteiger partial charge in [-0.1, -0.05) is 6.92 Å². The Morgan fingerprint density at radius 1 is 1.56 bits per heavy atom. The summed E-state index contributed by atoms with van der Waals surface area (Å²) in [5.41, 5.74) is 0.591. The molecule has 6 heteroatoms. The Kier molecular flexibility index (Phi) is 3.85. The quantitative estimate of drug-likeness (QED) is 0.756. The first-order valence-electron chi connectivity index (χ1n) is 6.26. The van der Waals surface area contributed by atoms with Crippen LogP contribution in [0.1, 0.15) is 36.5 Å². The van der Waals surface area contributed by atoms with E-state index in [0.29, 0.717) is 18.4 Å². The van der Waals surface area contributed by atoms with Crippen molar-refractivity contribution in [1.82, 2.24) is 9.78 Å². The summed E-state index contributed by atoms with van der Waals surface area (Å²) in [6.07, 6.45) is 5.21. The predicted molar refractivity (Wildman–Crippen MR) is 68.2 cm³/mol. The lowest BCUT2D eigenvalue weighted by molar-refractivity contribution is 0.0965. The van der Waals surface area contributed by atoms with Gasteiger partial charge in [0.05, 0.1) is 23.3 Å². The lowest BCUT2D eigenvalue weighted by atomic mass is 10.00. The van der Waals surface area contributed by atoms with E-state index in [1.165, 1.54) is 0 Å². The summed E-state index contributed by atoms with van der Waals surface area (Å²) in [5, 5.41) is 4.11. The monoisotopic (exact) mass is 270 g/mol. The molecule has 0 aromatic carbocycles. The van der Waals surface area contributed by atoms with Crippen LogP contribution >= 0.6 is 0 Å². The molecule has 1 aliphatic heterocycles. The Morgan fingerprint density at radius 2 is 2.33 bits per heavy atom. The number of hydrogen-bond acceptors (Lipinski definition) is 4. The molecule has 1 aromatic rings. The highest BCUT2D eigenvalue weighted by atomic mass is 32.2. The first kappa shape index (κ1) is 13.3. The van der Waals surface area contributed by atoms with Crippen LogP contribution in [0.3, 0.4) is 0 Å². The predicted octanol–water partition coefficient (Wildman–Crippen LogP) is 1.30. The summed E-state index contributed by atoms with van der Waals surface area (Å²) in [7, 11) is -2.90. The fourth-order valence-corrected chi connectivity index (χ4v) is 4.13. The lowest BCUT2D eigenvalue weighted by Gasteiger charge is -2.04. The molecule has 100 valence electrons. The average Bonchev–Trinajstić information content (AvgIpc) is 2.86. The van der Waals surface area contributed by atoms with Gasteiger partial charge in [0.15, 0.2) is 15.6 Å². The minimum Gasteiger partial charge on any atom is -0.294 e. The summed E-state index contributed by atoms with van der Waals surface area (Å²) >= 11 is 0. The van der Waals surface area contributed by atoms with Crippen LogP contribution in [0.15, 0.2) is 12.4 Å². The number of ketones is 1. The van der Waals surface area contributed by atoms with Crippen LogP contribution < -0.4 is 0 Å². The third kappa shape index (κ3) is 3.19. The van der Waals surface area contributed by atoms with E-state index in [9.17, 15) is 13.2 Å². The number of hydrogen-bond donors (Lipinski definition) is 0. The van der Waals surface area contributed by atoms with Crippen LogP contribution in [0, 0.1) is 5.92 Å². The Bertz CT molecular complexity index is 533. The SMILES string of the molecule is CCCn1cc(C(=O)CC2CCS(=O)(=O)C2)cn1. The average molecular weight is 270 g/mol. The van der Waals surface area contributed by atoms with Crippen LogP contribution in [-0.4, -0.2) is 35.5 Å². The molecule has 1 unspecified atom stereocenters. The van der Waals surface area contributed by atoms with Crippen molar-refractivity contribution in [2.45, 2.75) is 32.7 Å². The van der Waals surface area contributed by atoms with Gasteiger partial charge in [-0.2, -0.15) is 5.10 Å². The second-order valence-electron chi connectivity index (χ2n) is 4.89. The first-order valence-corrected chi connectivity index (χ1v) is 8.08. The molecule has 2 rings (SSSR count).